The lowest BCUT2D eigenvalue weighted by molar-refractivity contribution is -0.570. The summed E-state index contributed by atoms with van der Waals surface area (Å²) in [5, 5.41) is 2.32. The minimum atomic E-state index is -0.0556. The van der Waals surface area contributed by atoms with Gasteiger partial charge in [-0.2, -0.15) is 0 Å². The van der Waals surface area contributed by atoms with Crippen LogP contribution < -0.4 is 9.30 Å². The topological polar surface area (TPSA) is 35.9 Å². The largest absolute Gasteiger partial charge is 0.458 e. The van der Waals surface area contributed by atoms with Crippen molar-refractivity contribution < 1.29 is 9.30 Å². The first-order valence-corrected chi connectivity index (χ1v) is 24.9. The molecule has 71 heavy (non-hydrogen) atoms. The zero-order chi connectivity index (χ0) is 49.0. The van der Waals surface area contributed by atoms with E-state index in [1.807, 2.05) is 12.3 Å². The predicted octanol–water partition coefficient (Wildman–Crippen LogP) is 16.9. The maximum atomic E-state index is 6.88. The fourth-order valence-electron chi connectivity index (χ4n) is 10.6. The van der Waals surface area contributed by atoms with Crippen LogP contribution in [-0.4, -0.2) is 14.1 Å². The first kappa shape index (κ1) is 44.2. The normalized spacial score (nSPS) is 12.6. The zero-order valence-electron chi connectivity index (χ0n) is 42.1. The maximum absolute atomic E-state index is 6.88. The fourth-order valence-corrected chi connectivity index (χ4v) is 10.6. The number of nitrogens with zero attached hydrogens (tertiary/aromatic N) is 4. The second kappa shape index (κ2) is 16.3. The van der Waals surface area contributed by atoms with Crippen LogP contribution in [0.4, 0.5) is 0 Å². The molecule has 0 bridgehead atoms. The molecule has 8 aromatic carbocycles. The van der Waals surface area contributed by atoms with Gasteiger partial charge in [-0.3, -0.25) is 13.7 Å². The number of benzene rings is 8. The van der Waals surface area contributed by atoms with Crippen molar-refractivity contribution in [2.75, 3.05) is 0 Å². The Labute approximate surface area is 417 Å². The molecular weight excluding hydrogens is 865 g/mol. The molecule has 0 aliphatic carbocycles. The van der Waals surface area contributed by atoms with Crippen molar-refractivity contribution in [1.82, 2.24) is 14.1 Å². The van der Waals surface area contributed by atoms with E-state index >= 15 is 0 Å². The number of rotatable bonds is 5. The van der Waals surface area contributed by atoms with Gasteiger partial charge in [-0.15, -0.1) is 0 Å². The van der Waals surface area contributed by atoms with Gasteiger partial charge in [0.15, 0.2) is 0 Å². The Morgan fingerprint density at radius 2 is 0.986 bits per heavy atom. The molecule has 5 nitrogen and oxygen atoms in total. The Kier molecular flexibility index (Phi) is 10.1. The lowest BCUT2D eigenvalue weighted by atomic mass is 9.78. The molecule has 0 unspecified atom stereocenters. The number of para-hydroxylation sites is 3. The Balaban J connectivity index is 1.06. The van der Waals surface area contributed by atoms with Gasteiger partial charge in [0, 0.05) is 23.0 Å². The van der Waals surface area contributed by atoms with Crippen molar-refractivity contribution in [3.8, 4) is 73.2 Å². The standard InChI is InChI=1S/C66H58N4O/c1-64(2,3)43-33-34-67-61(38-43)70-58-29-15-14-25-54(58)55-32-31-48(40-60(55)70)71-47-20-16-19-46(39-47)68-41-69-62-49(42-35-44(65(4,5)6)37-45(36-42)66(7,8)9)26-17-27-56(62)52-23-12-10-21-50(52)51-22-11-13-24-53(51)57-28-18-30-59(68)63(57)69/h10-40H,1-9H3. The van der Waals surface area contributed by atoms with Crippen LogP contribution in [0.1, 0.15) is 79.0 Å². The molecule has 0 saturated heterocycles. The van der Waals surface area contributed by atoms with Crippen LogP contribution >= 0.6 is 0 Å². The van der Waals surface area contributed by atoms with Gasteiger partial charge in [0.25, 0.3) is 6.33 Å². The van der Waals surface area contributed by atoms with E-state index in [-0.39, 0.29) is 16.2 Å². The molecule has 0 amide bonds. The van der Waals surface area contributed by atoms with Gasteiger partial charge in [-0.05, 0) is 126 Å². The van der Waals surface area contributed by atoms with Crippen LogP contribution in [0.3, 0.4) is 0 Å². The average molecular weight is 923 g/mol. The average Bonchev–Trinajstić information content (AvgIpc) is 3.92. The first-order chi connectivity index (χ1) is 34.1. The first-order valence-electron chi connectivity index (χ1n) is 24.9. The summed E-state index contributed by atoms with van der Waals surface area (Å²) >= 11 is 0. The van der Waals surface area contributed by atoms with Crippen molar-refractivity contribution in [2.24, 2.45) is 0 Å². The van der Waals surface area contributed by atoms with Gasteiger partial charge in [-0.25, -0.2) is 4.98 Å². The van der Waals surface area contributed by atoms with Gasteiger partial charge in [0.2, 0.25) is 0 Å². The van der Waals surface area contributed by atoms with Crippen LogP contribution in [0.2, 0.25) is 0 Å². The summed E-state index contributed by atoms with van der Waals surface area (Å²) in [4.78, 5) is 4.92. The summed E-state index contributed by atoms with van der Waals surface area (Å²) in [5.41, 5.74) is 19.4. The van der Waals surface area contributed by atoms with Crippen LogP contribution in [0.15, 0.2) is 188 Å². The number of imidazole rings is 1. The molecule has 0 atom stereocenters. The molecule has 12 rings (SSSR count). The molecule has 1 aliphatic heterocycles. The van der Waals surface area contributed by atoms with Crippen LogP contribution in [0.5, 0.6) is 11.5 Å². The van der Waals surface area contributed by atoms with Gasteiger partial charge in [-0.1, -0.05) is 190 Å². The number of fused-ring (bicyclic) bond motifs is 10. The SMILES string of the molecule is CC(C)(C)c1cc(-c2cccc3c2-[n+]2[c-]n(-c4cccc(Oc5ccc6c7ccccc7n(-c7cc(C(C)(C)C)ccn7)c6c5)c4)c4cccc(c42)-c2ccccc2-c2ccccc2-3)cc(C(C)(C)C)c1. The van der Waals surface area contributed by atoms with Crippen molar-refractivity contribution in [3.63, 3.8) is 0 Å². The number of hydrogen-bond donors (Lipinski definition) is 0. The Bertz CT molecular complexity index is 3890. The molecule has 5 heteroatoms. The molecule has 0 radical (unpaired) electrons. The van der Waals surface area contributed by atoms with E-state index in [1.54, 1.807) is 0 Å². The summed E-state index contributed by atoms with van der Waals surface area (Å²) in [6.45, 7) is 20.6. The summed E-state index contributed by atoms with van der Waals surface area (Å²) < 4.78 is 13.7. The smallest absolute Gasteiger partial charge is 0.269 e. The minimum absolute atomic E-state index is 0.0235. The third-order valence-corrected chi connectivity index (χ3v) is 14.4. The molecule has 3 aromatic heterocycles. The summed E-state index contributed by atoms with van der Waals surface area (Å²) in [5.74, 6) is 2.36. The molecule has 1 aliphatic rings. The molecule has 0 fully saturated rings. The van der Waals surface area contributed by atoms with Gasteiger partial charge in [0.05, 0.1) is 33.4 Å². The summed E-state index contributed by atoms with van der Waals surface area (Å²) in [7, 11) is 0. The van der Waals surface area contributed by atoms with E-state index < -0.39 is 0 Å². The number of aromatic nitrogens is 4. The minimum Gasteiger partial charge on any atom is -0.458 e. The number of ether oxygens (including phenoxy) is 1. The zero-order valence-corrected chi connectivity index (χ0v) is 42.1. The lowest BCUT2D eigenvalue weighted by Gasteiger charge is -2.27. The molecule has 0 N–H and O–H groups in total. The number of pyridine rings is 1. The Morgan fingerprint density at radius 1 is 0.437 bits per heavy atom. The monoisotopic (exact) mass is 922 g/mol. The highest BCUT2D eigenvalue weighted by molar-refractivity contribution is 6.09. The third-order valence-electron chi connectivity index (χ3n) is 14.4. The van der Waals surface area contributed by atoms with Crippen molar-refractivity contribution in [1.29, 1.82) is 0 Å². The molecule has 0 spiro atoms. The third kappa shape index (κ3) is 7.54. The van der Waals surface area contributed by atoms with Crippen molar-refractivity contribution in [2.45, 2.75) is 78.6 Å². The summed E-state index contributed by atoms with van der Waals surface area (Å²) in [6.07, 6.45) is 5.92. The van der Waals surface area contributed by atoms with E-state index in [2.05, 4.69) is 258 Å². The molecule has 348 valence electrons. The van der Waals surface area contributed by atoms with E-state index in [1.165, 1.54) is 49.9 Å². The molecule has 11 aromatic rings. The predicted molar refractivity (Wildman–Crippen MR) is 294 cm³/mol. The van der Waals surface area contributed by atoms with Crippen LogP contribution in [0.25, 0.3) is 94.5 Å². The highest BCUT2D eigenvalue weighted by atomic mass is 16.5. The van der Waals surface area contributed by atoms with E-state index in [9.17, 15) is 0 Å². The lowest BCUT2D eigenvalue weighted by Crippen LogP contribution is -2.32. The highest BCUT2D eigenvalue weighted by Crippen LogP contribution is 2.46. The van der Waals surface area contributed by atoms with Crippen molar-refractivity contribution >= 4 is 32.8 Å². The second-order valence-electron chi connectivity index (χ2n) is 22.3. The molecular formula is C66H58N4O. The highest BCUT2D eigenvalue weighted by Gasteiger charge is 2.28. The Morgan fingerprint density at radius 3 is 1.69 bits per heavy atom. The van der Waals surface area contributed by atoms with Crippen LogP contribution in [0, 0.1) is 6.33 Å². The van der Waals surface area contributed by atoms with Crippen LogP contribution in [-0.2, 0) is 16.2 Å². The maximum Gasteiger partial charge on any atom is 0.269 e. The molecule has 0 saturated carbocycles. The van der Waals surface area contributed by atoms with E-state index in [4.69, 9.17) is 9.72 Å². The Hall–Kier alpha value is -8.02. The van der Waals surface area contributed by atoms with Gasteiger partial charge >= 0.3 is 0 Å². The summed E-state index contributed by atoms with van der Waals surface area (Å²) in [6, 6.07) is 66.2. The van der Waals surface area contributed by atoms with Gasteiger partial charge < -0.3 is 4.74 Å². The quantitative estimate of drug-likeness (QED) is 0.127. The molecule has 4 heterocycles. The van der Waals surface area contributed by atoms with E-state index in [0.29, 0.717) is 0 Å². The number of hydrogen-bond acceptors (Lipinski definition) is 2. The second-order valence-corrected chi connectivity index (χ2v) is 22.3. The van der Waals surface area contributed by atoms with Crippen molar-refractivity contribution in [3.05, 3.63) is 211 Å². The van der Waals surface area contributed by atoms with E-state index in [0.717, 1.165) is 72.8 Å². The fraction of sp³-hybridized carbons (Fsp3) is 0.182. The van der Waals surface area contributed by atoms with Gasteiger partial charge in [0.1, 0.15) is 17.3 Å².